The molecule has 0 atom stereocenters. The minimum atomic E-state index is -0.439. The molecule has 4 aromatic rings. The summed E-state index contributed by atoms with van der Waals surface area (Å²) in [6.07, 6.45) is 5.21. The van der Waals surface area contributed by atoms with Gasteiger partial charge in [-0.05, 0) is 12.1 Å². The number of aldehydes is 1. The minimum absolute atomic E-state index is 0.406. The molecule has 0 spiro atoms. The number of hydrogen-bond donors (Lipinski definition) is 1. The second kappa shape index (κ2) is 9.73. The normalized spacial score (nSPS) is 10.8. The number of methoxy groups -OCH3 is 2. The molecule has 2 aromatic heterocycles. The van der Waals surface area contributed by atoms with Crippen LogP contribution in [0.25, 0.3) is 21.8 Å². The lowest BCUT2D eigenvalue weighted by molar-refractivity contribution is 0.0593. The number of esters is 2. The highest BCUT2D eigenvalue weighted by molar-refractivity contribution is 6.08. The lowest BCUT2D eigenvalue weighted by Crippen LogP contribution is -2.05. The molecular formula is C22H21N5O6. The number of aromatic nitrogens is 4. The average Bonchev–Trinajstić information content (AvgIpc) is 3.42. The van der Waals surface area contributed by atoms with Crippen LogP contribution in [0.5, 0.6) is 0 Å². The molecular weight excluding hydrogens is 430 g/mol. The van der Waals surface area contributed by atoms with E-state index in [-0.39, 0.29) is 0 Å². The zero-order valence-corrected chi connectivity index (χ0v) is 18.3. The van der Waals surface area contributed by atoms with Gasteiger partial charge >= 0.3 is 11.9 Å². The first-order chi connectivity index (χ1) is 15.9. The monoisotopic (exact) mass is 451 g/mol. The zero-order valence-electron chi connectivity index (χ0n) is 18.3. The number of carbonyl (C=O) groups excluding carboxylic acids is 3. The quantitative estimate of drug-likeness (QED) is 0.164. The maximum Gasteiger partial charge on any atom is 0.340 e. The van der Waals surface area contributed by atoms with Crippen LogP contribution < -0.4 is 0 Å². The van der Waals surface area contributed by atoms with Crippen LogP contribution >= 0.6 is 0 Å². The van der Waals surface area contributed by atoms with E-state index < -0.39 is 11.9 Å². The summed E-state index contributed by atoms with van der Waals surface area (Å²) >= 11 is 0. The summed E-state index contributed by atoms with van der Waals surface area (Å²) in [5.41, 5.74) is 3.28. The van der Waals surface area contributed by atoms with Crippen LogP contribution in [-0.2, 0) is 23.6 Å². The fourth-order valence-electron chi connectivity index (χ4n) is 3.45. The Morgan fingerprint density at radius 2 is 1.33 bits per heavy atom. The van der Waals surface area contributed by atoms with E-state index in [0.29, 0.717) is 38.7 Å². The van der Waals surface area contributed by atoms with E-state index >= 15 is 0 Å². The number of carbonyl (C=O) groups is 3. The van der Waals surface area contributed by atoms with Crippen LogP contribution in [0.4, 0.5) is 0 Å². The van der Waals surface area contributed by atoms with Crippen molar-refractivity contribution in [3.05, 3.63) is 58.9 Å². The van der Waals surface area contributed by atoms with E-state index in [9.17, 15) is 14.4 Å². The molecule has 0 saturated heterocycles. The molecule has 0 amide bonds. The summed E-state index contributed by atoms with van der Waals surface area (Å²) in [7, 11) is 6.09. The number of ether oxygens (including phenoxy) is 2. The van der Waals surface area contributed by atoms with E-state index in [1.165, 1.54) is 20.4 Å². The number of aryl methyl sites for hydroxylation is 2. The van der Waals surface area contributed by atoms with Crippen molar-refractivity contribution < 1.29 is 29.1 Å². The van der Waals surface area contributed by atoms with Gasteiger partial charge in [0.2, 0.25) is 0 Å². The van der Waals surface area contributed by atoms with Gasteiger partial charge in [-0.15, -0.1) is 0 Å². The molecule has 0 aliphatic heterocycles. The lowest BCUT2D eigenvalue weighted by atomic mass is 10.1. The molecule has 4 rings (SSSR count). The van der Waals surface area contributed by atoms with Crippen molar-refractivity contribution in [2.75, 3.05) is 14.2 Å². The second-order valence-corrected chi connectivity index (χ2v) is 6.81. The number of oxime groups is 1. The Labute approximate surface area is 187 Å². The first-order valence-corrected chi connectivity index (χ1v) is 9.56. The van der Waals surface area contributed by atoms with Crippen LogP contribution in [-0.4, -0.2) is 63.4 Å². The highest BCUT2D eigenvalue weighted by atomic mass is 16.5. The predicted octanol–water partition coefficient (Wildman–Crippen LogP) is 2.34. The maximum atomic E-state index is 11.6. The molecule has 11 nitrogen and oxygen atoms in total. The van der Waals surface area contributed by atoms with E-state index in [1.54, 1.807) is 60.1 Å². The summed E-state index contributed by atoms with van der Waals surface area (Å²) < 4.78 is 12.5. The number of fused-ring (bicyclic) bond motifs is 2. The Morgan fingerprint density at radius 1 is 0.879 bits per heavy atom. The van der Waals surface area contributed by atoms with Gasteiger partial charge in [0.1, 0.15) is 0 Å². The molecule has 0 aliphatic carbocycles. The van der Waals surface area contributed by atoms with E-state index in [2.05, 4.69) is 20.1 Å². The Kier molecular flexibility index (Phi) is 6.82. The van der Waals surface area contributed by atoms with Gasteiger partial charge in [0.15, 0.2) is 6.29 Å². The van der Waals surface area contributed by atoms with Gasteiger partial charge in [-0.1, -0.05) is 17.3 Å². The fraction of sp³-hybridized carbons (Fsp3) is 0.182. The largest absolute Gasteiger partial charge is 0.465 e. The van der Waals surface area contributed by atoms with Crippen molar-refractivity contribution in [3.63, 3.8) is 0 Å². The van der Waals surface area contributed by atoms with Crippen LogP contribution in [0.1, 0.15) is 36.6 Å². The highest BCUT2D eigenvalue weighted by Gasteiger charge is 2.16. The summed E-state index contributed by atoms with van der Waals surface area (Å²) in [6, 6.07) is 6.45. The Morgan fingerprint density at radius 3 is 1.76 bits per heavy atom. The van der Waals surface area contributed by atoms with Gasteiger partial charge in [0, 0.05) is 36.0 Å². The highest BCUT2D eigenvalue weighted by Crippen LogP contribution is 2.23. The van der Waals surface area contributed by atoms with Crippen LogP contribution in [0.3, 0.4) is 0 Å². The molecule has 2 heterocycles. The molecule has 1 N–H and O–H groups in total. The SMILES string of the molecule is COC(=O)c1ccc(/C=N/O)c2cnn(C)c12.COC(=O)c1ccc(C=O)c2cnn(C)c12. The summed E-state index contributed by atoms with van der Waals surface area (Å²) in [6.45, 7) is 0. The maximum absolute atomic E-state index is 11.6. The third kappa shape index (κ3) is 4.28. The fourth-order valence-corrected chi connectivity index (χ4v) is 3.45. The first kappa shape index (κ1) is 23.1. The first-order valence-electron chi connectivity index (χ1n) is 9.56. The third-order valence-corrected chi connectivity index (χ3v) is 5.00. The van der Waals surface area contributed by atoms with Gasteiger partial charge in [0.05, 0.1) is 55.0 Å². The summed E-state index contributed by atoms with van der Waals surface area (Å²) in [5.74, 6) is -0.864. The number of rotatable bonds is 4. The molecule has 0 unspecified atom stereocenters. The van der Waals surface area contributed by atoms with Crippen molar-refractivity contribution in [3.8, 4) is 0 Å². The van der Waals surface area contributed by atoms with Gasteiger partial charge in [0.25, 0.3) is 0 Å². The predicted molar refractivity (Wildman–Crippen MR) is 119 cm³/mol. The molecule has 0 fully saturated rings. The Hall–Kier alpha value is -4.54. The van der Waals surface area contributed by atoms with Crippen molar-refractivity contribution in [1.82, 2.24) is 19.6 Å². The van der Waals surface area contributed by atoms with Gasteiger partial charge in [-0.25, -0.2) is 9.59 Å². The number of benzene rings is 2. The molecule has 11 heteroatoms. The molecule has 0 bridgehead atoms. The van der Waals surface area contributed by atoms with Crippen molar-refractivity contribution in [1.29, 1.82) is 0 Å². The van der Waals surface area contributed by atoms with Crippen molar-refractivity contribution in [2.45, 2.75) is 0 Å². The van der Waals surface area contributed by atoms with E-state index in [0.717, 1.165) is 11.7 Å². The smallest absolute Gasteiger partial charge is 0.340 e. The standard InChI is InChI=1S/C11H11N3O3.C11H10N2O3/c1-14-10-8(11(15)17-2)4-3-7(5-13-16)9(10)6-12-14;1-13-10-8(11(15)16-2)4-3-7(6-14)9(10)5-12-13/h3-6,16H,1-2H3;3-6H,1-2H3/b13-5+;. The molecule has 0 radical (unpaired) electrons. The van der Waals surface area contributed by atoms with Crippen LogP contribution in [0.15, 0.2) is 41.8 Å². The second-order valence-electron chi connectivity index (χ2n) is 6.81. The molecule has 0 saturated carbocycles. The van der Waals surface area contributed by atoms with E-state index in [1.807, 2.05) is 0 Å². The van der Waals surface area contributed by atoms with Gasteiger partial charge < -0.3 is 14.7 Å². The lowest BCUT2D eigenvalue weighted by Gasteiger charge is -2.04. The topological polar surface area (TPSA) is 138 Å². The summed E-state index contributed by atoms with van der Waals surface area (Å²) in [4.78, 5) is 34.0. The number of nitrogens with zero attached hydrogens (tertiary/aromatic N) is 5. The Balaban J connectivity index is 0.000000186. The Bertz CT molecular complexity index is 1390. The number of hydrogen-bond acceptors (Lipinski definition) is 9. The molecule has 0 aliphatic rings. The average molecular weight is 451 g/mol. The van der Waals surface area contributed by atoms with Crippen LogP contribution in [0, 0.1) is 0 Å². The molecule has 170 valence electrons. The minimum Gasteiger partial charge on any atom is -0.465 e. The van der Waals surface area contributed by atoms with Gasteiger partial charge in [-0.3, -0.25) is 14.2 Å². The zero-order chi connectivity index (χ0) is 24.1. The van der Waals surface area contributed by atoms with Crippen LogP contribution in [0.2, 0.25) is 0 Å². The molecule has 33 heavy (non-hydrogen) atoms. The van der Waals surface area contributed by atoms with Crippen molar-refractivity contribution in [2.24, 2.45) is 19.3 Å². The third-order valence-electron chi connectivity index (χ3n) is 5.00. The van der Waals surface area contributed by atoms with E-state index in [4.69, 9.17) is 9.94 Å². The molecule has 2 aromatic carbocycles. The van der Waals surface area contributed by atoms with Crippen molar-refractivity contribution >= 4 is 46.2 Å². The van der Waals surface area contributed by atoms with Gasteiger partial charge in [-0.2, -0.15) is 10.2 Å². The summed E-state index contributed by atoms with van der Waals surface area (Å²) in [5, 5.41) is 21.0.